The maximum atomic E-state index is 13.6. The Morgan fingerprint density at radius 2 is 1.50 bits per heavy atom. The van der Waals surface area contributed by atoms with E-state index in [0.29, 0.717) is 0 Å². The number of anilines is 1. The molecule has 0 spiro atoms. The van der Waals surface area contributed by atoms with Crippen molar-refractivity contribution in [2.75, 3.05) is 18.0 Å². The Hall–Kier alpha value is -1.90. The van der Waals surface area contributed by atoms with Crippen LogP contribution in [0.3, 0.4) is 0 Å². The number of hydrogen-bond donors (Lipinski definition) is 2. The quantitative estimate of drug-likeness (QED) is 0.491. The number of nitrogens with zero attached hydrogens (tertiary/aromatic N) is 1. The second-order valence-electron chi connectivity index (χ2n) is 4.55. The summed E-state index contributed by atoms with van der Waals surface area (Å²) in [4.78, 5) is 11.7. The fraction of sp³-hybridized carbons (Fsp3) is 0.364. The van der Waals surface area contributed by atoms with Gasteiger partial charge in [0.15, 0.2) is 23.3 Å². The van der Waals surface area contributed by atoms with Gasteiger partial charge in [-0.05, 0) is 6.42 Å². The minimum Gasteiger partial charge on any atom is -0.480 e. The number of carbonyl (C=O) groups is 1. The summed E-state index contributed by atoms with van der Waals surface area (Å²) in [5.41, 5.74) is 2.54. The first kappa shape index (κ1) is 14.5. The van der Waals surface area contributed by atoms with E-state index in [9.17, 15) is 26.7 Å². The minimum absolute atomic E-state index is 0.179. The van der Waals surface area contributed by atoms with Crippen molar-refractivity contribution < 1.29 is 31.9 Å². The van der Waals surface area contributed by atoms with Gasteiger partial charge in [-0.15, -0.1) is 0 Å². The van der Waals surface area contributed by atoms with E-state index in [1.54, 1.807) is 0 Å². The molecule has 2 rings (SSSR count). The van der Waals surface area contributed by atoms with E-state index in [1.807, 2.05) is 0 Å². The fourth-order valence-corrected chi connectivity index (χ4v) is 2.07. The van der Waals surface area contributed by atoms with Crippen molar-refractivity contribution in [3.8, 4) is 0 Å². The third-order valence-electron chi connectivity index (χ3n) is 3.23. The number of aliphatic carboxylic acids is 1. The molecule has 9 heteroatoms. The minimum atomic E-state index is -2.26. The Balaban J connectivity index is 2.48. The summed E-state index contributed by atoms with van der Waals surface area (Å²) >= 11 is 0. The van der Waals surface area contributed by atoms with Gasteiger partial charge in [0.05, 0.1) is 0 Å². The first-order valence-electron chi connectivity index (χ1n) is 5.47. The van der Waals surface area contributed by atoms with Crippen LogP contribution in [-0.4, -0.2) is 29.7 Å². The summed E-state index contributed by atoms with van der Waals surface area (Å²) in [5.74, 6) is -11.8. The zero-order valence-corrected chi connectivity index (χ0v) is 9.89. The van der Waals surface area contributed by atoms with Crippen molar-refractivity contribution in [2.45, 2.75) is 12.0 Å². The highest BCUT2D eigenvalue weighted by molar-refractivity contribution is 5.80. The number of carboxylic acid groups (broad SMARTS) is 1. The SMILES string of the molecule is NC1(C(=O)O)CCN(c2c(F)c(F)c(F)c(F)c2F)C1. The first-order chi connectivity index (χ1) is 9.19. The maximum Gasteiger partial charge on any atom is 0.325 e. The third kappa shape index (κ3) is 1.98. The van der Waals surface area contributed by atoms with Gasteiger partial charge in [0.1, 0.15) is 11.2 Å². The van der Waals surface area contributed by atoms with Crippen molar-refractivity contribution in [1.29, 1.82) is 0 Å². The van der Waals surface area contributed by atoms with Crippen molar-refractivity contribution in [3.05, 3.63) is 29.1 Å². The van der Waals surface area contributed by atoms with Crippen LogP contribution in [0.2, 0.25) is 0 Å². The lowest BCUT2D eigenvalue weighted by atomic mass is 10.0. The second-order valence-corrected chi connectivity index (χ2v) is 4.55. The highest BCUT2D eigenvalue weighted by Gasteiger charge is 2.43. The van der Waals surface area contributed by atoms with Crippen LogP contribution in [0.4, 0.5) is 27.6 Å². The molecule has 1 aliphatic heterocycles. The molecular formula is C11H9F5N2O2. The van der Waals surface area contributed by atoms with E-state index >= 15 is 0 Å². The number of rotatable bonds is 2. The molecular weight excluding hydrogens is 287 g/mol. The van der Waals surface area contributed by atoms with Gasteiger partial charge in [0.25, 0.3) is 0 Å². The normalized spacial score (nSPS) is 22.4. The molecule has 0 aliphatic carbocycles. The lowest BCUT2D eigenvalue weighted by Crippen LogP contribution is -2.50. The standard InChI is InChI=1S/C11H9F5N2O2/c12-4-5(13)7(15)9(8(16)6(4)14)18-2-1-11(17,3-18)10(19)20/h1-3,17H2,(H,19,20). The van der Waals surface area contributed by atoms with Crippen molar-refractivity contribution in [1.82, 2.24) is 0 Å². The molecule has 1 aromatic carbocycles. The number of hydrogen-bond acceptors (Lipinski definition) is 3. The van der Waals surface area contributed by atoms with Crippen LogP contribution in [0.15, 0.2) is 0 Å². The fourth-order valence-electron chi connectivity index (χ4n) is 2.07. The average Bonchev–Trinajstić information content (AvgIpc) is 2.78. The molecule has 3 N–H and O–H groups in total. The van der Waals surface area contributed by atoms with Gasteiger partial charge in [0, 0.05) is 13.1 Å². The summed E-state index contributed by atoms with van der Waals surface area (Å²) in [7, 11) is 0. The zero-order valence-electron chi connectivity index (χ0n) is 9.89. The largest absolute Gasteiger partial charge is 0.480 e. The Morgan fingerprint density at radius 3 is 1.90 bits per heavy atom. The van der Waals surface area contributed by atoms with Gasteiger partial charge in [-0.25, -0.2) is 22.0 Å². The molecule has 1 atom stereocenters. The molecule has 0 aromatic heterocycles. The number of benzene rings is 1. The molecule has 1 fully saturated rings. The van der Waals surface area contributed by atoms with E-state index in [0.717, 1.165) is 4.90 Å². The Kier molecular flexibility index (Phi) is 3.32. The molecule has 0 radical (unpaired) electrons. The predicted octanol–water partition coefficient (Wildman–Crippen LogP) is 1.37. The van der Waals surface area contributed by atoms with Gasteiger partial charge in [-0.2, -0.15) is 0 Å². The molecule has 1 aromatic rings. The van der Waals surface area contributed by atoms with Crippen LogP contribution < -0.4 is 10.6 Å². The number of halogens is 5. The second kappa shape index (κ2) is 4.58. The average molecular weight is 296 g/mol. The van der Waals surface area contributed by atoms with Crippen molar-refractivity contribution >= 4 is 11.7 Å². The Labute approximate surface area is 109 Å². The lowest BCUT2D eigenvalue weighted by Gasteiger charge is -2.23. The summed E-state index contributed by atoms with van der Waals surface area (Å²) in [6.45, 7) is -0.790. The van der Waals surface area contributed by atoms with E-state index in [-0.39, 0.29) is 13.0 Å². The van der Waals surface area contributed by atoms with Crippen LogP contribution in [0, 0.1) is 29.1 Å². The summed E-state index contributed by atoms with van der Waals surface area (Å²) in [6, 6.07) is 0. The van der Waals surface area contributed by atoms with E-state index in [1.165, 1.54) is 0 Å². The predicted molar refractivity (Wildman–Crippen MR) is 57.6 cm³/mol. The van der Waals surface area contributed by atoms with Crippen molar-refractivity contribution in [3.63, 3.8) is 0 Å². The van der Waals surface area contributed by atoms with Crippen LogP contribution in [0.25, 0.3) is 0 Å². The summed E-state index contributed by atoms with van der Waals surface area (Å²) in [5, 5.41) is 8.88. The Bertz CT molecular complexity index is 566. The summed E-state index contributed by atoms with van der Waals surface area (Å²) in [6.07, 6.45) is -0.179. The molecule has 1 aliphatic rings. The maximum absolute atomic E-state index is 13.6. The van der Waals surface area contributed by atoms with Gasteiger partial charge in [-0.1, -0.05) is 0 Å². The molecule has 110 valence electrons. The topological polar surface area (TPSA) is 66.6 Å². The molecule has 20 heavy (non-hydrogen) atoms. The molecule has 1 heterocycles. The van der Waals surface area contributed by atoms with Gasteiger partial charge >= 0.3 is 5.97 Å². The molecule has 4 nitrogen and oxygen atoms in total. The third-order valence-corrected chi connectivity index (χ3v) is 3.23. The lowest BCUT2D eigenvalue weighted by molar-refractivity contribution is -0.142. The van der Waals surface area contributed by atoms with Crippen LogP contribution in [-0.2, 0) is 4.79 Å². The van der Waals surface area contributed by atoms with E-state index < -0.39 is 52.8 Å². The van der Waals surface area contributed by atoms with Crippen molar-refractivity contribution in [2.24, 2.45) is 5.73 Å². The summed E-state index contributed by atoms with van der Waals surface area (Å²) < 4.78 is 66.2. The first-order valence-corrected chi connectivity index (χ1v) is 5.47. The molecule has 0 saturated carbocycles. The van der Waals surface area contributed by atoms with Crippen LogP contribution in [0.5, 0.6) is 0 Å². The van der Waals surface area contributed by atoms with E-state index in [4.69, 9.17) is 10.8 Å². The number of nitrogens with two attached hydrogens (primary N) is 1. The molecule has 1 saturated heterocycles. The van der Waals surface area contributed by atoms with Gasteiger partial charge in [-0.3, -0.25) is 4.79 Å². The smallest absolute Gasteiger partial charge is 0.325 e. The highest BCUT2D eigenvalue weighted by atomic mass is 19.2. The van der Waals surface area contributed by atoms with Crippen LogP contribution in [0.1, 0.15) is 6.42 Å². The number of carboxylic acids is 1. The molecule has 0 bridgehead atoms. The zero-order chi connectivity index (χ0) is 15.2. The molecule has 1 unspecified atom stereocenters. The van der Waals surface area contributed by atoms with E-state index in [2.05, 4.69) is 0 Å². The Morgan fingerprint density at radius 1 is 1.05 bits per heavy atom. The van der Waals surface area contributed by atoms with Gasteiger partial charge < -0.3 is 15.7 Å². The van der Waals surface area contributed by atoms with Crippen LogP contribution >= 0.6 is 0 Å². The highest BCUT2D eigenvalue weighted by Crippen LogP contribution is 2.34. The van der Waals surface area contributed by atoms with Gasteiger partial charge in [0.2, 0.25) is 5.82 Å². The molecule has 0 amide bonds. The monoisotopic (exact) mass is 296 g/mol.